The lowest BCUT2D eigenvalue weighted by molar-refractivity contribution is -0.136. The minimum atomic E-state index is -0.870. The molecular formula is C25H44N2O3S. The van der Waals surface area contributed by atoms with Crippen molar-refractivity contribution in [2.75, 3.05) is 0 Å². The van der Waals surface area contributed by atoms with E-state index in [2.05, 4.69) is 29.7 Å². The Hall–Kier alpha value is -1.43. The Kier molecular flexibility index (Phi) is 15.3. The minimum absolute atomic E-state index is 0.0319. The van der Waals surface area contributed by atoms with Gasteiger partial charge < -0.3 is 15.7 Å². The van der Waals surface area contributed by atoms with Crippen LogP contribution < -0.4 is 10.6 Å². The number of hydrogen-bond acceptors (Lipinski definition) is 4. The van der Waals surface area contributed by atoms with Crippen molar-refractivity contribution in [3.8, 4) is 0 Å². The van der Waals surface area contributed by atoms with Crippen molar-refractivity contribution in [3.63, 3.8) is 0 Å². The van der Waals surface area contributed by atoms with Gasteiger partial charge in [0.05, 0.1) is 6.42 Å². The van der Waals surface area contributed by atoms with Gasteiger partial charge in [-0.05, 0) is 43.9 Å². The molecule has 0 radical (unpaired) electrons. The van der Waals surface area contributed by atoms with Crippen LogP contribution in [0.5, 0.6) is 0 Å². The van der Waals surface area contributed by atoms with Gasteiger partial charge in [-0.25, -0.2) is 0 Å². The minimum Gasteiger partial charge on any atom is -0.481 e. The molecule has 0 fully saturated rings. The van der Waals surface area contributed by atoms with E-state index in [-0.39, 0.29) is 12.3 Å². The molecule has 31 heavy (non-hydrogen) atoms. The number of allylic oxidation sites excluding steroid dienone is 2. The maximum atomic E-state index is 12.3. The standard InChI is InChI=1S/C25H44N2O3S/c1-3-5-6-7-8-9-10-11-12-13-14-15-16-17-18-19-23(28)27-25(4-2)26-22(21-31-25)20-24(29)30/h11-12,21,26H,3-10,13-20H2,1-2H3,(H,27,28)(H,29,30)/b12-11+. The third-order valence-corrected chi connectivity index (χ3v) is 6.91. The molecule has 1 unspecified atom stereocenters. The SMILES string of the molecule is CCCCCCCC/C=C/CCCCCCCC(=O)NC1(CC)NC(CC(=O)O)=CS1. The summed E-state index contributed by atoms with van der Waals surface area (Å²) in [6.07, 6.45) is 22.0. The molecule has 0 saturated carbocycles. The molecule has 1 heterocycles. The molecule has 1 atom stereocenters. The molecule has 0 spiro atoms. The van der Waals surface area contributed by atoms with Crippen molar-refractivity contribution in [3.05, 3.63) is 23.3 Å². The van der Waals surface area contributed by atoms with Gasteiger partial charge in [-0.3, -0.25) is 9.59 Å². The molecule has 0 aromatic heterocycles. The van der Waals surface area contributed by atoms with Crippen LogP contribution in [0.15, 0.2) is 23.3 Å². The van der Waals surface area contributed by atoms with Crippen LogP contribution in [0.25, 0.3) is 0 Å². The molecule has 1 aliphatic heterocycles. The van der Waals surface area contributed by atoms with Crippen molar-refractivity contribution < 1.29 is 14.7 Å². The average molecular weight is 453 g/mol. The highest BCUT2D eigenvalue weighted by atomic mass is 32.2. The van der Waals surface area contributed by atoms with Gasteiger partial charge >= 0.3 is 5.97 Å². The lowest BCUT2D eigenvalue weighted by atomic mass is 10.1. The fraction of sp³-hybridized carbons (Fsp3) is 0.760. The summed E-state index contributed by atoms with van der Waals surface area (Å²) in [5, 5.41) is 17.0. The molecule has 1 aliphatic rings. The van der Waals surface area contributed by atoms with Crippen LogP contribution in [0.1, 0.15) is 117 Å². The number of unbranched alkanes of at least 4 members (excludes halogenated alkanes) is 11. The van der Waals surface area contributed by atoms with Gasteiger partial charge in [-0.15, -0.1) is 0 Å². The zero-order valence-corrected chi connectivity index (χ0v) is 20.5. The smallest absolute Gasteiger partial charge is 0.309 e. The number of thioether (sulfide) groups is 1. The summed E-state index contributed by atoms with van der Waals surface area (Å²) < 4.78 is 0. The number of carbonyl (C=O) groups excluding carboxylic acids is 1. The normalized spacial score (nSPS) is 18.2. The molecule has 5 nitrogen and oxygen atoms in total. The summed E-state index contributed by atoms with van der Waals surface area (Å²) in [6.45, 7) is 4.24. The Morgan fingerprint density at radius 3 is 2.13 bits per heavy atom. The van der Waals surface area contributed by atoms with Crippen molar-refractivity contribution in [1.29, 1.82) is 0 Å². The Balaban J connectivity index is 1.99. The van der Waals surface area contributed by atoms with Gasteiger partial charge in [0, 0.05) is 12.1 Å². The molecule has 0 bridgehead atoms. The van der Waals surface area contributed by atoms with Crippen LogP contribution in [0.2, 0.25) is 0 Å². The maximum absolute atomic E-state index is 12.3. The van der Waals surface area contributed by atoms with Crippen molar-refractivity contribution >= 4 is 23.6 Å². The Bertz CT molecular complexity index is 577. The number of nitrogens with one attached hydrogen (secondary N) is 2. The molecule has 1 amide bonds. The van der Waals surface area contributed by atoms with Crippen LogP contribution in [0.3, 0.4) is 0 Å². The van der Waals surface area contributed by atoms with E-state index in [0.29, 0.717) is 18.5 Å². The summed E-state index contributed by atoms with van der Waals surface area (Å²) in [5.41, 5.74) is 0.653. The van der Waals surface area contributed by atoms with Crippen molar-refractivity contribution in [1.82, 2.24) is 10.6 Å². The third-order valence-electron chi connectivity index (χ3n) is 5.61. The summed E-state index contributed by atoms with van der Waals surface area (Å²) in [6, 6.07) is 0. The van der Waals surface area contributed by atoms with Gasteiger partial charge in [-0.1, -0.05) is 89.1 Å². The number of amides is 1. The largest absolute Gasteiger partial charge is 0.481 e. The number of carboxylic acid groups (broad SMARTS) is 1. The van der Waals surface area contributed by atoms with E-state index in [4.69, 9.17) is 5.11 Å². The predicted molar refractivity (Wildman–Crippen MR) is 132 cm³/mol. The first kappa shape index (κ1) is 27.6. The van der Waals surface area contributed by atoms with E-state index in [1.165, 1.54) is 82.4 Å². The number of aliphatic carboxylic acids is 1. The van der Waals surface area contributed by atoms with E-state index in [9.17, 15) is 9.59 Å². The fourth-order valence-electron chi connectivity index (χ4n) is 3.70. The highest BCUT2D eigenvalue weighted by Crippen LogP contribution is 2.33. The second-order valence-corrected chi connectivity index (χ2v) is 9.69. The third kappa shape index (κ3) is 13.6. The van der Waals surface area contributed by atoms with Crippen LogP contribution >= 0.6 is 11.8 Å². The van der Waals surface area contributed by atoms with Gasteiger partial charge in [0.2, 0.25) is 5.91 Å². The second-order valence-electron chi connectivity index (χ2n) is 8.52. The molecule has 0 aromatic carbocycles. The average Bonchev–Trinajstić information content (AvgIpc) is 3.13. The molecule has 0 saturated heterocycles. The molecule has 0 aliphatic carbocycles. The van der Waals surface area contributed by atoms with E-state index in [1.807, 2.05) is 6.92 Å². The van der Waals surface area contributed by atoms with Crippen LogP contribution in [0.4, 0.5) is 0 Å². The zero-order chi connectivity index (χ0) is 22.8. The van der Waals surface area contributed by atoms with E-state index >= 15 is 0 Å². The number of carboxylic acids is 1. The summed E-state index contributed by atoms with van der Waals surface area (Å²) >= 11 is 1.46. The molecule has 3 N–H and O–H groups in total. The highest BCUT2D eigenvalue weighted by molar-refractivity contribution is 8.03. The first-order chi connectivity index (χ1) is 15.0. The predicted octanol–water partition coefficient (Wildman–Crippen LogP) is 6.86. The summed E-state index contributed by atoms with van der Waals surface area (Å²) in [4.78, 5) is 22.6. The Labute approximate surface area is 193 Å². The zero-order valence-electron chi connectivity index (χ0n) is 19.7. The van der Waals surface area contributed by atoms with Gasteiger partial charge in [0.1, 0.15) is 0 Å². The molecular weight excluding hydrogens is 408 g/mol. The first-order valence-electron chi connectivity index (χ1n) is 12.3. The van der Waals surface area contributed by atoms with Gasteiger partial charge in [0.25, 0.3) is 0 Å². The molecule has 178 valence electrons. The Morgan fingerprint density at radius 1 is 0.968 bits per heavy atom. The van der Waals surface area contributed by atoms with E-state index < -0.39 is 11.0 Å². The monoisotopic (exact) mass is 452 g/mol. The van der Waals surface area contributed by atoms with Crippen LogP contribution in [-0.2, 0) is 9.59 Å². The van der Waals surface area contributed by atoms with E-state index in [0.717, 1.165) is 12.8 Å². The molecule has 1 rings (SSSR count). The van der Waals surface area contributed by atoms with E-state index in [1.54, 1.807) is 5.41 Å². The molecule has 6 heteroatoms. The van der Waals surface area contributed by atoms with Crippen molar-refractivity contribution in [2.45, 2.75) is 122 Å². The lowest BCUT2D eigenvalue weighted by Gasteiger charge is -2.30. The van der Waals surface area contributed by atoms with Crippen LogP contribution in [0, 0.1) is 0 Å². The number of hydrogen-bond donors (Lipinski definition) is 3. The lowest BCUT2D eigenvalue weighted by Crippen LogP contribution is -2.53. The number of carbonyl (C=O) groups is 2. The van der Waals surface area contributed by atoms with Crippen LogP contribution in [-0.4, -0.2) is 22.0 Å². The second kappa shape index (κ2) is 17.2. The van der Waals surface area contributed by atoms with Gasteiger partial charge in [-0.2, -0.15) is 0 Å². The molecule has 0 aromatic rings. The van der Waals surface area contributed by atoms with Gasteiger partial charge in [0.15, 0.2) is 4.99 Å². The Morgan fingerprint density at radius 2 is 1.55 bits per heavy atom. The first-order valence-corrected chi connectivity index (χ1v) is 13.2. The summed E-state index contributed by atoms with van der Waals surface area (Å²) in [5.74, 6) is -0.838. The van der Waals surface area contributed by atoms with Crippen molar-refractivity contribution in [2.24, 2.45) is 0 Å². The highest BCUT2D eigenvalue weighted by Gasteiger charge is 2.35. The topological polar surface area (TPSA) is 78.4 Å². The maximum Gasteiger partial charge on any atom is 0.309 e. The summed E-state index contributed by atoms with van der Waals surface area (Å²) in [7, 11) is 0. The fourth-order valence-corrected chi connectivity index (χ4v) is 4.72. The quantitative estimate of drug-likeness (QED) is 0.147. The number of rotatable bonds is 19.